The monoisotopic (exact) mass is 236 g/mol. The molecule has 0 aromatic carbocycles. The minimum Gasteiger partial charge on any atom is -0.251 e. The topological polar surface area (TPSA) is 29.5 Å². The Labute approximate surface area is 104 Å². The van der Waals surface area contributed by atoms with Gasteiger partial charge in [-0.05, 0) is 49.9 Å². The summed E-state index contributed by atoms with van der Waals surface area (Å²) in [6, 6.07) is 0. The van der Waals surface area contributed by atoms with Gasteiger partial charge in [0.15, 0.2) is 0 Å². The van der Waals surface area contributed by atoms with Gasteiger partial charge in [0.05, 0.1) is 0 Å². The smallest absolute Gasteiger partial charge is 0.111 e. The van der Waals surface area contributed by atoms with Crippen molar-refractivity contribution in [2.45, 2.75) is 52.6 Å². The normalized spacial score (nSPS) is 41.6. The van der Waals surface area contributed by atoms with E-state index in [-0.39, 0.29) is 11.5 Å². The molecule has 0 saturated heterocycles. The van der Waals surface area contributed by atoms with E-state index >= 15 is 0 Å². The summed E-state index contributed by atoms with van der Waals surface area (Å²) in [7, 11) is 0. The van der Waals surface area contributed by atoms with Crippen LogP contribution < -0.4 is 0 Å². The predicted molar refractivity (Wildman–Crippen MR) is 69.6 cm³/mol. The zero-order chi connectivity index (χ0) is 12.6. The van der Waals surface area contributed by atoms with Crippen molar-refractivity contribution in [3.8, 4) is 0 Å². The molecule has 1 saturated carbocycles. The molecule has 0 aromatic heterocycles. The Kier molecular flexibility index (Phi) is 3.46. The third kappa shape index (κ3) is 2.21. The zero-order valence-corrected chi connectivity index (χ0v) is 11.2. The molecule has 2 nitrogen and oxygen atoms in total. The van der Waals surface area contributed by atoms with Gasteiger partial charge >= 0.3 is 0 Å². The van der Waals surface area contributed by atoms with Crippen molar-refractivity contribution in [1.29, 1.82) is 0 Å². The highest BCUT2D eigenvalue weighted by atomic mass is 17.1. The highest BCUT2D eigenvalue weighted by molar-refractivity contribution is 5.25. The van der Waals surface area contributed by atoms with Crippen LogP contribution in [0.25, 0.3) is 0 Å². The molecule has 0 aliphatic heterocycles. The van der Waals surface area contributed by atoms with Crippen LogP contribution in [0.3, 0.4) is 0 Å². The Bertz CT molecular complexity index is 345. The maximum atomic E-state index is 8.86. The summed E-state index contributed by atoms with van der Waals surface area (Å²) >= 11 is 0. The van der Waals surface area contributed by atoms with Gasteiger partial charge in [0.1, 0.15) is 6.10 Å². The van der Waals surface area contributed by atoms with E-state index in [1.165, 1.54) is 24.0 Å². The number of hydrogen-bond donors (Lipinski definition) is 1. The van der Waals surface area contributed by atoms with Crippen molar-refractivity contribution in [3.05, 3.63) is 23.8 Å². The second kappa shape index (κ2) is 4.58. The summed E-state index contributed by atoms with van der Waals surface area (Å²) in [6.45, 7) is 10.9. The molecule has 0 radical (unpaired) electrons. The van der Waals surface area contributed by atoms with Crippen molar-refractivity contribution in [1.82, 2.24) is 0 Å². The molecule has 0 bridgehead atoms. The molecule has 4 atom stereocenters. The van der Waals surface area contributed by atoms with Gasteiger partial charge in [-0.25, -0.2) is 4.89 Å². The molecule has 1 N–H and O–H groups in total. The van der Waals surface area contributed by atoms with Crippen molar-refractivity contribution in [2.75, 3.05) is 0 Å². The number of allylic oxidation sites excluding steroid dienone is 2. The molecule has 2 aliphatic rings. The Hall–Kier alpha value is -0.600. The summed E-state index contributed by atoms with van der Waals surface area (Å²) < 4.78 is 0. The lowest BCUT2D eigenvalue weighted by Gasteiger charge is -2.48. The van der Waals surface area contributed by atoms with E-state index in [0.717, 1.165) is 12.8 Å². The van der Waals surface area contributed by atoms with Crippen LogP contribution in [-0.2, 0) is 4.89 Å². The van der Waals surface area contributed by atoms with E-state index < -0.39 is 0 Å². The molecule has 0 heterocycles. The van der Waals surface area contributed by atoms with E-state index in [2.05, 4.69) is 38.3 Å². The van der Waals surface area contributed by atoms with Crippen LogP contribution in [0.4, 0.5) is 0 Å². The summed E-state index contributed by atoms with van der Waals surface area (Å²) in [5.74, 6) is 1.22. The van der Waals surface area contributed by atoms with E-state index in [4.69, 9.17) is 5.26 Å². The fourth-order valence-electron chi connectivity index (χ4n) is 3.55. The second-order valence-corrected chi connectivity index (χ2v) is 6.18. The van der Waals surface area contributed by atoms with Gasteiger partial charge in [-0.1, -0.05) is 37.6 Å². The van der Waals surface area contributed by atoms with Crippen LogP contribution in [0.15, 0.2) is 23.8 Å². The van der Waals surface area contributed by atoms with Gasteiger partial charge in [-0.2, -0.15) is 0 Å². The Morgan fingerprint density at radius 2 is 2.29 bits per heavy atom. The summed E-state index contributed by atoms with van der Waals surface area (Å²) in [4.78, 5) is 4.54. The first kappa shape index (κ1) is 12.8. The van der Waals surface area contributed by atoms with E-state index in [1.807, 2.05) is 0 Å². The van der Waals surface area contributed by atoms with Crippen molar-refractivity contribution >= 4 is 0 Å². The van der Waals surface area contributed by atoms with Crippen LogP contribution >= 0.6 is 0 Å². The first-order chi connectivity index (χ1) is 7.97. The lowest BCUT2D eigenvalue weighted by Crippen LogP contribution is -2.40. The highest BCUT2D eigenvalue weighted by Gasteiger charge is 2.43. The molecule has 0 amide bonds. The average Bonchev–Trinajstić information content (AvgIpc) is 2.29. The molecule has 0 unspecified atom stereocenters. The molecule has 1 fully saturated rings. The number of rotatable bonds is 2. The minimum absolute atomic E-state index is 0.102. The minimum atomic E-state index is -0.102. The molecule has 2 heteroatoms. The summed E-state index contributed by atoms with van der Waals surface area (Å²) in [5.41, 5.74) is 3.07. The number of fused-ring (bicyclic) bond motifs is 1. The Morgan fingerprint density at radius 3 is 2.88 bits per heavy atom. The second-order valence-electron chi connectivity index (χ2n) is 6.18. The molecule has 96 valence electrons. The predicted octanol–water partition coefficient (Wildman–Crippen LogP) is 4.19. The van der Waals surface area contributed by atoms with Crippen LogP contribution in [0.1, 0.15) is 46.5 Å². The zero-order valence-electron chi connectivity index (χ0n) is 11.2. The number of hydrogen-bond acceptors (Lipinski definition) is 2. The molecular formula is C15H24O2. The van der Waals surface area contributed by atoms with Gasteiger partial charge < -0.3 is 0 Å². The lowest BCUT2D eigenvalue weighted by atomic mass is 9.57. The molecule has 2 rings (SSSR count). The van der Waals surface area contributed by atoms with Gasteiger partial charge in [0.25, 0.3) is 0 Å². The van der Waals surface area contributed by atoms with E-state index in [0.29, 0.717) is 11.8 Å². The highest BCUT2D eigenvalue weighted by Crippen LogP contribution is 2.53. The molecule has 2 aliphatic carbocycles. The maximum Gasteiger partial charge on any atom is 0.111 e. The fourth-order valence-corrected chi connectivity index (χ4v) is 3.55. The van der Waals surface area contributed by atoms with Gasteiger partial charge in [-0.3, -0.25) is 5.26 Å². The molecule has 0 spiro atoms. The third-order valence-corrected chi connectivity index (χ3v) is 5.06. The molecule has 0 aromatic rings. The average molecular weight is 236 g/mol. The molecule has 17 heavy (non-hydrogen) atoms. The van der Waals surface area contributed by atoms with Crippen LogP contribution in [0.2, 0.25) is 0 Å². The Morgan fingerprint density at radius 1 is 1.59 bits per heavy atom. The van der Waals surface area contributed by atoms with Crippen LogP contribution in [-0.4, -0.2) is 11.4 Å². The van der Waals surface area contributed by atoms with Crippen LogP contribution in [0, 0.1) is 17.3 Å². The van der Waals surface area contributed by atoms with E-state index in [1.54, 1.807) is 0 Å². The lowest BCUT2D eigenvalue weighted by molar-refractivity contribution is -0.272. The maximum absolute atomic E-state index is 8.86. The van der Waals surface area contributed by atoms with Crippen molar-refractivity contribution < 1.29 is 10.1 Å². The van der Waals surface area contributed by atoms with E-state index in [9.17, 15) is 0 Å². The van der Waals surface area contributed by atoms with Gasteiger partial charge in [0, 0.05) is 0 Å². The summed E-state index contributed by atoms with van der Waals surface area (Å²) in [6.07, 6.45) is 6.48. The standard InChI is InChI=1S/C15H24O2/c1-10(2)12-5-6-13-8-14(17-16)7-11(3)15(13,4)9-12/h8,11-12,14,16H,1,5-7,9H2,2-4H3/t11-,12-,14+,15+/m0/s1. The first-order valence-electron chi connectivity index (χ1n) is 6.64. The third-order valence-electron chi connectivity index (χ3n) is 5.06. The van der Waals surface area contributed by atoms with Gasteiger partial charge in [-0.15, -0.1) is 0 Å². The fraction of sp³-hybridized carbons (Fsp3) is 0.733. The largest absolute Gasteiger partial charge is 0.251 e. The van der Waals surface area contributed by atoms with Gasteiger partial charge in [0.2, 0.25) is 0 Å². The first-order valence-corrected chi connectivity index (χ1v) is 6.64. The SMILES string of the molecule is C=C(C)[C@H]1CCC2=C[C@H](OO)C[C@H](C)[C@@]2(C)C1. The van der Waals surface area contributed by atoms with Crippen molar-refractivity contribution in [3.63, 3.8) is 0 Å². The van der Waals surface area contributed by atoms with Crippen LogP contribution in [0.5, 0.6) is 0 Å². The Balaban J connectivity index is 2.25. The quantitative estimate of drug-likeness (QED) is 0.442. The summed E-state index contributed by atoms with van der Waals surface area (Å²) in [5, 5.41) is 8.86. The molecular weight excluding hydrogens is 212 g/mol. The van der Waals surface area contributed by atoms with Crippen molar-refractivity contribution in [2.24, 2.45) is 17.3 Å².